The van der Waals surface area contributed by atoms with Crippen molar-refractivity contribution in [1.82, 2.24) is 10.3 Å². The molecule has 0 amide bonds. The normalized spacial score (nSPS) is 17.8. The number of aromatic amines is 1. The lowest BCUT2D eigenvalue weighted by atomic mass is 9.69. The zero-order chi connectivity index (χ0) is 19.5. The smallest absolute Gasteiger partial charge is 0.224 e. The minimum absolute atomic E-state index is 0.0452. The molecule has 1 aromatic heterocycles. The van der Waals surface area contributed by atoms with Crippen LogP contribution in [-0.4, -0.2) is 29.6 Å². The van der Waals surface area contributed by atoms with Crippen LogP contribution in [0, 0.1) is 20.8 Å². The molecule has 0 atom stereocenters. The number of Topliss-reactive ketones (excluding diaryl/α,β-unsaturated/α-hetero) is 1. The lowest BCUT2D eigenvalue weighted by molar-refractivity contribution is 0.105. The van der Waals surface area contributed by atoms with Gasteiger partial charge in [0.25, 0.3) is 0 Å². The Balaban J connectivity index is 1.67. The maximum Gasteiger partial charge on any atom is 0.224 e. The van der Waals surface area contributed by atoms with Crippen molar-refractivity contribution < 1.29 is 4.79 Å². The molecule has 3 heterocycles. The molecule has 0 bridgehead atoms. The summed E-state index contributed by atoms with van der Waals surface area (Å²) in [6.07, 6.45) is 1.82. The van der Waals surface area contributed by atoms with Gasteiger partial charge in [-0.3, -0.25) is 4.79 Å². The van der Waals surface area contributed by atoms with E-state index in [1.165, 1.54) is 16.7 Å². The van der Waals surface area contributed by atoms with Crippen molar-refractivity contribution in [3.8, 4) is 0 Å². The molecule has 0 unspecified atom stereocenters. The molecule has 1 saturated heterocycles. The summed E-state index contributed by atoms with van der Waals surface area (Å²) < 4.78 is 0. The maximum atomic E-state index is 13.8. The molecule has 2 aromatic carbocycles. The Bertz CT molecular complexity index is 1150. The van der Waals surface area contributed by atoms with E-state index in [1.54, 1.807) is 0 Å². The SMILES string of the molecule is Cc1ccc2c(C)c(C(=O)C3=Nc4ccccc4C34CCNCC4)[nH]c2c1C. The minimum atomic E-state index is -0.270. The highest BCUT2D eigenvalue weighted by atomic mass is 16.1. The van der Waals surface area contributed by atoms with Gasteiger partial charge in [-0.1, -0.05) is 30.3 Å². The van der Waals surface area contributed by atoms with Gasteiger partial charge in [-0.15, -0.1) is 0 Å². The fourth-order valence-corrected chi connectivity index (χ4v) is 4.95. The molecule has 0 saturated carbocycles. The molecule has 2 N–H and O–H groups in total. The molecule has 2 aliphatic heterocycles. The second-order valence-corrected chi connectivity index (χ2v) is 8.19. The molecule has 1 fully saturated rings. The van der Waals surface area contributed by atoms with E-state index in [2.05, 4.69) is 48.4 Å². The van der Waals surface area contributed by atoms with Gasteiger partial charge in [0.1, 0.15) is 5.71 Å². The van der Waals surface area contributed by atoms with Crippen LogP contribution in [0.25, 0.3) is 10.9 Å². The minimum Gasteiger partial charge on any atom is -0.351 e. The summed E-state index contributed by atoms with van der Waals surface area (Å²) in [5.74, 6) is 0.0452. The molecule has 0 radical (unpaired) electrons. The highest BCUT2D eigenvalue weighted by Crippen LogP contribution is 2.46. The number of rotatable bonds is 2. The second kappa shape index (κ2) is 6.14. The predicted molar refractivity (Wildman–Crippen MR) is 114 cm³/mol. The van der Waals surface area contributed by atoms with E-state index in [9.17, 15) is 4.79 Å². The van der Waals surface area contributed by atoms with Gasteiger partial charge >= 0.3 is 0 Å². The fourth-order valence-electron chi connectivity index (χ4n) is 4.95. The molecule has 4 heteroatoms. The van der Waals surface area contributed by atoms with E-state index in [4.69, 9.17) is 4.99 Å². The number of piperidine rings is 1. The largest absolute Gasteiger partial charge is 0.351 e. The Morgan fingerprint density at radius 3 is 2.54 bits per heavy atom. The molecule has 5 rings (SSSR count). The van der Waals surface area contributed by atoms with Gasteiger partial charge in [-0.05, 0) is 75.0 Å². The van der Waals surface area contributed by atoms with E-state index in [0.717, 1.165) is 48.1 Å². The van der Waals surface area contributed by atoms with Crippen LogP contribution < -0.4 is 5.32 Å². The van der Waals surface area contributed by atoms with E-state index in [0.29, 0.717) is 11.4 Å². The third-order valence-corrected chi connectivity index (χ3v) is 6.77. The second-order valence-electron chi connectivity index (χ2n) is 8.19. The first-order valence-electron chi connectivity index (χ1n) is 10.1. The van der Waals surface area contributed by atoms with E-state index >= 15 is 0 Å². The summed E-state index contributed by atoms with van der Waals surface area (Å²) in [4.78, 5) is 22.1. The van der Waals surface area contributed by atoms with Crippen LogP contribution in [0.15, 0.2) is 41.4 Å². The molecule has 28 heavy (non-hydrogen) atoms. The molecule has 1 spiro atoms. The number of carbonyl (C=O) groups is 1. The topological polar surface area (TPSA) is 57.2 Å². The number of para-hydroxylation sites is 1. The number of nitrogens with zero attached hydrogens (tertiary/aromatic N) is 1. The van der Waals surface area contributed by atoms with Gasteiger partial charge in [-0.2, -0.15) is 0 Å². The van der Waals surface area contributed by atoms with Crippen LogP contribution in [-0.2, 0) is 5.41 Å². The fraction of sp³-hybridized carbons (Fsp3) is 0.333. The Kier molecular flexibility index (Phi) is 3.81. The number of nitrogens with one attached hydrogen (secondary N) is 2. The summed E-state index contributed by atoms with van der Waals surface area (Å²) >= 11 is 0. The number of H-pyrrole nitrogens is 1. The standard InChI is InChI=1S/C24H25N3O/c1-14-8-9-17-16(3)21(27-20(17)15(14)2)22(28)23-24(10-12-25-13-11-24)18-6-4-5-7-19(18)26-23/h4-9,25,27H,10-13H2,1-3H3. The number of carbonyl (C=O) groups excluding carboxylic acids is 1. The Hall–Kier alpha value is -2.72. The quantitative estimate of drug-likeness (QED) is 0.643. The summed E-state index contributed by atoms with van der Waals surface area (Å²) in [5, 5.41) is 4.57. The van der Waals surface area contributed by atoms with Gasteiger partial charge in [0.2, 0.25) is 5.78 Å². The first-order chi connectivity index (χ1) is 13.5. The molecular weight excluding hydrogens is 346 g/mol. The number of hydrogen-bond acceptors (Lipinski definition) is 3. The Labute approximate surface area is 165 Å². The van der Waals surface area contributed by atoms with E-state index in [1.807, 2.05) is 19.1 Å². The summed E-state index contributed by atoms with van der Waals surface area (Å²) in [6, 6.07) is 12.5. The predicted octanol–water partition coefficient (Wildman–Crippen LogP) is 4.68. The van der Waals surface area contributed by atoms with Gasteiger partial charge < -0.3 is 10.3 Å². The molecule has 142 valence electrons. The van der Waals surface area contributed by atoms with Crippen molar-refractivity contribution in [1.29, 1.82) is 0 Å². The lowest BCUT2D eigenvalue weighted by Gasteiger charge is -2.35. The Morgan fingerprint density at radius 1 is 1.00 bits per heavy atom. The zero-order valence-electron chi connectivity index (χ0n) is 16.6. The van der Waals surface area contributed by atoms with Crippen LogP contribution >= 0.6 is 0 Å². The Morgan fingerprint density at radius 2 is 1.75 bits per heavy atom. The maximum absolute atomic E-state index is 13.8. The van der Waals surface area contributed by atoms with Gasteiger partial charge in [0, 0.05) is 16.3 Å². The number of fused-ring (bicyclic) bond motifs is 3. The number of benzene rings is 2. The average molecular weight is 371 g/mol. The van der Waals surface area contributed by atoms with Crippen molar-refractivity contribution in [2.45, 2.75) is 39.0 Å². The zero-order valence-corrected chi connectivity index (χ0v) is 16.6. The summed E-state index contributed by atoms with van der Waals surface area (Å²) in [7, 11) is 0. The molecule has 0 aliphatic carbocycles. The summed E-state index contributed by atoms with van der Waals surface area (Å²) in [6.45, 7) is 8.07. The monoisotopic (exact) mass is 371 g/mol. The van der Waals surface area contributed by atoms with Crippen LogP contribution in [0.5, 0.6) is 0 Å². The highest BCUT2D eigenvalue weighted by Gasteiger charge is 2.47. The third-order valence-electron chi connectivity index (χ3n) is 6.77. The average Bonchev–Trinajstić information content (AvgIpc) is 3.21. The number of aromatic nitrogens is 1. The molecule has 3 aromatic rings. The number of ketones is 1. The van der Waals surface area contributed by atoms with Crippen molar-refractivity contribution in [3.05, 3.63) is 64.3 Å². The first-order valence-corrected chi connectivity index (χ1v) is 10.1. The van der Waals surface area contributed by atoms with Crippen LogP contribution in [0.3, 0.4) is 0 Å². The van der Waals surface area contributed by atoms with Gasteiger partial charge in [-0.25, -0.2) is 4.99 Å². The van der Waals surface area contributed by atoms with Crippen molar-refractivity contribution in [3.63, 3.8) is 0 Å². The van der Waals surface area contributed by atoms with Crippen LogP contribution in [0.4, 0.5) is 5.69 Å². The van der Waals surface area contributed by atoms with E-state index < -0.39 is 0 Å². The molecule has 2 aliphatic rings. The number of aliphatic imine (C=N–C) groups is 1. The van der Waals surface area contributed by atoms with Crippen molar-refractivity contribution >= 4 is 28.1 Å². The van der Waals surface area contributed by atoms with Gasteiger partial charge in [0.05, 0.1) is 11.4 Å². The molecular formula is C24H25N3O. The molecule has 4 nitrogen and oxygen atoms in total. The van der Waals surface area contributed by atoms with Gasteiger partial charge in [0.15, 0.2) is 0 Å². The highest BCUT2D eigenvalue weighted by molar-refractivity contribution is 6.50. The summed E-state index contributed by atoms with van der Waals surface area (Å²) in [5.41, 5.74) is 7.80. The van der Waals surface area contributed by atoms with Crippen LogP contribution in [0.1, 0.15) is 45.6 Å². The first kappa shape index (κ1) is 17.4. The number of hydrogen-bond donors (Lipinski definition) is 2. The van der Waals surface area contributed by atoms with E-state index in [-0.39, 0.29) is 11.2 Å². The number of aryl methyl sites for hydroxylation is 3. The third kappa shape index (κ3) is 2.27. The van der Waals surface area contributed by atoms with Crippen molar-refractivity contribution in [2.24, 2.45) is 4.99 Å². The van der Waals surface area contributed by atoms with Crippen molar-refractivity contribution in [2.75, 3.05) is 13.1 Å². The van der Waals surface area contributed by atoms with Crippen LogP contribution in [0.2, 0.25) is 0 Å². The lowest BCUT2D eigenvalue weighted by Crippen LogP contribution is -2.46.